The van der Waals surface area contributed by atoms with Crippen molar-refractivity contribution in [3.05, 3.63) is 107 Å². The quantitative estimate of drug-likeness (QED) is 0.260. The Kier molecular flexibility index (Phi) is 3.67. The Hall–Kier alpha value is -3.53. The fourth-order valence-corrected chi connectivity index (χ4v) is 5.93. The molecule has 0 unspecified atom stereocenters. The van der Waals surface area contributed by atoms with E-state index in [-0.39, 0.29) is 0 Å². The average Bonchev–Trinajstić information content (AvgIpc) is 2.82. The molecule has 0 fully saturated rings. The number of hydrogen-bond acceptors (Lipinski definition) is 5. The van der Waals surface area contributed by atoms with Crippen LogP contribution in [0.1, 0.15) is 22.3 Å². The maximum Gasteiger partial charge on any atom is 0.462 e. The normalized spacial score (nSPS) is 16.3. The van der Waals surface area contributed by atoms with Gasteiger partial charge in [0.05, 0.1) is 16.5 Å². The van der Waals surface area contributed by atoms with Crippen LogP contribution in [0.4, 0.5) is 0 Å². The Morgan fingerprint density at radius 1 is 0.562 bits per heavy atom. The minimum atomic E-state index is -1.66. The van der Waals surface area contributed by atoms with Gasteiger partial charge in [-0.1, -0.05) is 48.5 Å². The van der Waals surface area contributed by atoms with Gasteiger partial charge in [0, 0.05) is 18.2 Å². The van der Waals surface area contributed by atoms with Crippen LogP contribution in [-0.4, -0.2) is 7.11 Å². The van der Waals surface area contributed by atoms with Crippen LogP contribution >= 0.6 is 8.60 Å². The van der Waals surface area contributed by atoms with Gasteiger partial charge >= 0.3 is 8.60 Å². The third-order valence-electron chi connectivity index (χ3n) is 6.24. The zero-order valence-corrected chi connectivity index (χ0v) is 18.0. The molecular weight excluding hydrogens is 423 g/mol. The molecule has 0 saturated carbocycles. The molecule has 1 spiro atoms. The Bertz CT molecular complexity index is 1290. The summed E-state index contributed by atoms with van der Waals surface area (Å²) in [4.78, 5) is 0. The highest BCUT2D eigenvalue weighted by molar-refractivity contribution is 7.42. The second-order valence-corrected chi connectivity index (χ2v) is 8.97. The Balaban J connectivity index is 1.73. The SMILES string of the molecule is COP1Oc2cccc3c2C2(c4ccccc4O3)c3ccccc3Oc3cccc(c32)O1. The highest BCUT2D eigenvalue weighted by Gasteiger charge is 2.55. The highest BCUT2D eigenvalue weighted by Crippen LogP contribution is 2.67. The molecule has 6 heteroatoms. The first-order valence-corrected chi connectivity index (χ1v) is 11.4. The van der Waals surface area contributed by atoms with Crippen molar-refractivity contribution in [1.29, 1.82) is 0 Å². The van der Waals surface area contributed by atoms with Crippen LogP contribution in [0, 0.1) is 0 Å². The molecule has 156 valence electrons. The van der Waals surface area contributed by atoms with Crippen molar-refractivity contribution in [3.8, 4) is 34.5 Å². The molecule has 0 bridgehead atoms. The minimum absolute atomic E-state index is 0.669. The summed E-state index contributed by atoms with van der Waals surface area (Å²) in [6.45, 7) is 0. The van der Waals surface area contributed by atoms with Crippen LogP contribution in [0.25, 0.3) is 0 Å². The molecule has 0 saturated heterocycles. The lowest BCUT2D eigenvalue weighted by Crippen LogP contribution is -2.38. The van der Waals surface area contributed by atoms with Crippen molar-refractivity contribution < 1.29 is 23.0 Å². The molecule has 3 aliphatic heterocycles. The standard InChI is InChI=1S/C26H17O5P/c1-27-32-30-22-14-6-12-20-24(22)26(16-8-2-4-10-18(16)28-20)17-9-3-5-11-19(17)29-21-13-7-15-23(31-32)25(21)26/h2-15H,1H3. The van der Waals surface area contributed by atoms with E-state index >= 15 is 0 Å². The maximum atomic E-state index is 6.42. The van der Waals surface area contributed by atoms with Gasteiger partial charge in [-0.15, -0.1) is 0 Å². The van der Waals surface area contributed by atoms with Crippen LogP contribution in [0.2, 0.25) is 0 Å². The highest BCUT2D eigenvalue weighted by atomic mass is 31.2. The fourth-order valence-electron chi connectivity index (χ4n) is 5.11. The molecule has 0 aromatic heterocycles. The van der Waals surface area contributed by atoms with E-state index < -0.39 is 14.0 Å². The number of rotatable bonds is 1. The number of ether oxygens (including phenoxy) is 2. The van der Waals surface area contributed by atoms with E-state index in [1.807, 2.05) is 72.8 Å². The second-order valence-electron chi connectivity index (χ2n) is 7.79. The van der Waals surface area contributed by atoms with Crippen molar-refractivity contribution in [3.63, 3.8) is 0 Å². The smallest absolute Gasteiger partial charge is 0.457 e. The Morgan fingerprint density at radius 3 is 1.50 bits per heavy atom. The summed E-state index contributed by atoms with van der Waals surface area (Å²) in [5.74, 6) is 4.41. The summed E-state index contributed by atoms with van der Waals surface area (Å²) in [6.07, 6.45) is 0. The molecule has 7 rings (SSSR count). The largest absolute Gasteiger partial charge is 0.462 e. The van der Waals surface area contributed by atoms with Crippen molar-refractivity contribution in [2.45, 2.75) is 5.41 Å². The van der Waals surface area contributed by atoms with Crippen LogP contribution in [0.3, 0.4) is 0 Å². The average molecular weight is 440 g/mol. The fraction of sp³-hybridized carbons (Fsp3) is 0.0769. The van der Waals surface area contributed by atoms with E-state index in [9.17, 15) is 0 Å². The molecule has 0 amide bonds. The van der Waals surface area contributed by atoms with E-state index in [2.05, 4.69) is 12.1 Å². The molecule has 4 aromatic rings. The molecule has 3 aliphatic rings. The van der Waals surface area contributed by atoms with Crippen LogP contribution in [0.15, 0.2) is 84.9 Å². The first-order valence-electron chi connectivity index (χ1n) is 10.3. The Morgan fingerprint density at radius 2 is 1.00 bits per heavy atom. The van der Waals surface area contributed by atoms with E-state index in [0.717, 1.165) is 45.3 Å². The van der Waals surface area contributed by atoms with Gasteiger partial charge in [-0.25, -0.2) is 0 Å². The predicted molar refractivity (Wildman–Crippen MR) is 120 cm³/mol. The van der Waals surface area contributed by atoms with Crippen LogP contribution in [-0.2, 0) is 9.94 Å². The zero-order chi connectivity index (χ0) is 21.3. The van der Waals surface area contributed by atoms with E-state index in [4.69, 9.17) is 23.0 Å². The second kappa shape index (κ2) is 6.49. The van der Waals surface area contributed by atoms with Crippen molar-refractivity contribution in [1.82, 2.24) is 0 Å². The van der Waals surface area contributed by atoms with Gasteiger partial charge in [0.25, 0.3) is 0 Å². The first kappa shape index (κ1) is 18.1. The zero-order valence-electron chi connectivity index (χ0n) is 17.1. The summed E-state index contributed by atoms with van der Waals surface area (Å²) in [5, 5.41) is 0. The summed E-state index contributed by atoms with van der Waals surface area (Å²) >= 11 is 0. The summed E-state index contributed by atoms with van der Waals surface area (Å²) in [5.41, 5.74) is 3.14. The number of fused-ring (bicyclic) bond motifs is 2. The lowest BCUT2D eigenvalue weighted by molar-refractivity contribution is 0.306. The lowest BCUT2D eigenvalue weighted by atomic mass is 9.62. The van der Waals surface area contributed by atoms with E-state index in [1.54, 1.807) is 7.11 Å². The maximum absolute atomic E-state index is 6.42. The Labute approximate surface area is 186 Å². The summed E-state index contributed by atoms with van der Waals surface area (Å²) in [7, 11) is -0.0739. The first-order chi connectivity index (χ1) is 15.8. The minimum Gasteiger partial charge on any atom is -0.457 e. The lowest BCUT2D eigenvalue weighted by Gasteiger charge is -2.46. The molecule has 0 atom stereocenters. The topological polar surface area (TPSA) is 46.2 Å². The van der Waals surface area contributed by atoms with Gasteiger partial charge in [0.1, 0.15) is 34.5 Å². The molecule has 3 heterocycles. The molecule has 0 radical (unpaired) electrons. The molecule has 5 nitrogen and oxygen atoms in total. The van der Waals surface area contributed by atoms with Crippen molar-refractivity contribution in [2.75, 3.05) is 7.11 Å². The molecule has 32 heavy (non-hydrogen) atoms. The summed E-state index contributed by atoms with van der Waals surface area (Å²) in [6, 6.07) is 28.0. The van der Waals surface area contributed by atoms with Gasteiger partial charge in [0.15, 0.2) is 0 Å². The molecule has 4 aromatic carbocycles. The summed E-state index contributed by atoms with van der Waals surface area (Å²) < 4.78 is 31.0. The monoisotopic (exact) mass is 440 g/mol. The van der Waals surface area contributed by atoms with Gasteiger partial charge < -0.3 is 18.5 Å². The van der Waals surface area contributed by atoms with Crippen molar-refractivity contribution in [2.24, 2.45) is 0 Å². The number of para-hydroxylation sites is 2. The van der Waals surface area contributed by atoms with Crippen LogP contribution < -0.4 is 18.5 Å². The van der Waals surface area contributed by atoms with E-state index in [1.165, 1.54) is 0 Å². The predicted octanol–water partition coefficient (Wildman–Crippen LogP) is 6.93. The molecular formula is C26H17O5P. The molecule has 0 aliphatic carbocycles. The van der Waals surface area contributed by atoms with Gasteiger partial charge in [0.2, 0.25) is 0 Å². The van der Waals surface area contributed by atoms with Crippen LogP contribution in [0.5, 0.6) is 34.5 Å². The number of hydrogen-bond donors (Lipinski definition) is 0. The molecule has 0 N–H and O–H groups in total. The third kappa shape index (κ3) is 2.19. The van der Waals surface area contributed by atoms with E-state index in [0.29, 0.717) is 11.5 Å². The van der Waals surface area contributed by atoms with Gasteiger partial charge in [-0.3, -0.25) is 4.52 Å². The third-order valence-corrected chi connectivity index (χ3v) is 7.23. The van der Waals surface area contributed by atoms with Crippen molar-refractivity contribution >= 4 is 8.60 Å². The van der Waals surface area contributed by atoms with Gasteiger partial charge in [-0.2, -0.15) is 0 Å². The van der Waals surface area contributed by atoms with Gasteiger partial charge in [-0.05, 0) is 36.4 Å². The number of benzene rings is 4.